The Bertz CT molecular complexity index is 613. The minimum atomic E-state index is -0.0503. The van der Waals surface area contributed by atoms with Gasteiger partial charge in [0.05, 0.1) is 12.6 Å². The number of carbonyl (C=O) groups is 1. The molecular weight excluding hydrogens is 284 g/mol. The first-order valence-corrected chi connectivity index (χ1v) is 7.28. The third-order valence-electron chi connectivity index (χ3n) is 3.32. The maximum atomic E-state index is 12.0. The Balaban J connectivity index is 1.89. The SMILES string of the molecule is Cc1ccc(Cl)cc1NCC(=O)N[C@H](C)c1ccccc1. The number of aryl methyl sites for hydroxylation is 1. The fraction of sp³-hybridized carbons (Fsp3) is 0.235. The van der Waals surface area contributed by atoms with Crippen molar-refractivity contribution in [3.63, 3.8) is 0 Å². The zero-order valence-corrected chi connectivity index (χ0v) is 12.9. The molecule has 0 saturated heterocycles. The number of benzene rings is 2. The van der Waals surface area contributed by atoms with Gasteiger partial charge >= 0.3 is 0 Å². The van der Waals surface area contributed by atoms with Crippen LogP contribution in [0.2, 0.25) is 5.02 Å². The van der Waals surface area contributed by atoms with Gasteiger partial charge in [-0.15, -0.1) is 0 Å². The van der Waals surface area contributed by atoms with Gasteiger partial charge in [-0.05, 0) is 37.1 Å². The third-order valence-corrected chi connectivity index (χ3v) is 3.55. The molecule has 2 aromatic rings. The lowest BCUT2D eigenvalue weighted by molar-refractivity contribution is -0.120. The molecule has 0 aliphatic heterocycles. The summed E-state index contributed by atoms with van der Waals surface area (Å²) in [6, 6.07) is 15.5. The number of carbonyl (C=O) groups excluding carboxylic acids is 1. The second-order valence-corrected chi connectivity index (χ2v) is 5.45. The zero-order valence-electron chi connectivity index (χ0n) is 12.2. The number of anilines is 1. The lowest BCUT2D eigenvalue weighted by Gasteiger charge is -2.15. The highest BCUT2D eigenvalue weighted by Crippen LogP contribution is 2.19. The standard InChI is InChI=1S/C17H19ClN2O/c1-12-8-9-15(18)10-16(12)19-11-17(21)20-13(2)14-6-4-3-5-7-14/h3-10,13,19H,11H2,1-2H3,(H,20,21)/t13-/m1/s1. The van der Waals surface area contributed by atoms with E-state index in [1.54, 1.807) is 0 Å². The van der Waals surface area contributed by atoms with E-state index in [-0.39, 0.29) is 18.5 Å². The van der Waals surface area contributed by atoms with Gasteiger partial charge in [0.15, 0.2) is 0 Å². The topological polar surface area (TPSA) is 41.1 Å². The first-order valence-electron chi connectivity index (χ1n) is 6.90. The van der Waals surface area contributed by atoms with E-state index >= 15 is 0 Å². The Morgan fingerprint density at radius 1 is 1.19 bits per heavy atom. The second kappa shape index (κ2) is 7.14. The number of halogens is 1. The Labute approximate surface area is 130 Å². The average molecular weight is 303 g/mol. The van der Waals surface area contributed by atoms with E-state index in [1.165, 1.54) is 0 Å². The summed E-state index contributed by atoms with van der Waals surface area (Å²) in [5, 5.41) is 6.73. The summed E-state index contributed by atoms with van der Waals surface area (Å²) in [4.78, 5) is 12.0. The van der Waals surface area contributed by atoms with Crippen LogP contribution >= 0.6 is 11.6 Å². The molecular formula is C17H19ClN2O. The van der Waals surface area contributed by atoms with E-state index in [2.05, 4.69) is 10.6 Å². The maximum Gasteiger partial charge on any atom is 0.239 e. The van der Waals surface area contributed by atoms with Crippen LogP contribution in [0.25, 0.3) is 0 Å². The zero-order chi connectivity index (χ0) is 15.2. The lowest BCUT2D eigenvalue weighted by Crippen LogP contribution is -2.32. The summed E-state index contributed by atoms with van der Waals surface area (Å²) in [6.45, 7) is 4.17. The van der Waals surface area contributed by atoms with E-state index in [0.29, 0.717) is 5.02 Å². The predicted molar refractivity (Wildman–Crippen MR) is 87.7 cm³/mol. The number of hydrogen-bond acceptors (Lipinski definition) is 2. The van der Waals surface area contributed by atoms with Crippen LogP contribution in [0.5, 0.6) is 0 Å². The highest BCUT2D eigenvalue weighted by molar-refractivity contribution is 6.30. The highest BCUT2D eigenvalue weighted by atomic mass is 35.5. The normalized spacial score (nSPS) is 11.8. The van der Waals surface area contributed by atoms with Crippen molar-refractivity contribution in [2.75, 3.05) is 11.9 Å². The van der Waals surface area contributed by atoms with Crippen molar-refractivity contribution >= 4 is 23.2 Å². The number of rotatable bonds is 5. The van der Waals surface area contributed by atoms with Crippen LogP contribution in [0.15, 0.2) is 48.5 Å². The summed E-state index contributed by atoms with van der Waals surface area (Å²) in [7, 11) is 0. The molecule has 0 fully saturated rings. The summed E-state index contributed by atoms with van der Waals surface area (Å²) in [6.07, 6.45) is 0. The van der Waals surface area contributed by atoms with Gasteiger partial charge in [0, 0.05) is 10.7 Å². The minimum absolute atomic E-state index is 0.0130. The van der Waals surface area contributed by atoms with Crippen molar-refractivity contribution in [3.8, 4) is 0 Å². The molecule has 2 aromatic carbocycles. The van der Waals surface area contributed by atoms with Crippen molar-refractivity contribution in [1.82, 2.24) is 5.32 Å². The van der Waals surface area contributed by atoms with E-state index in [1.807, 2.05) is 62.4 Å². The lowest BCUT2D eigenvalue weighted by atomic mass is 10.1. The van der Waals surface area contributed by atoms with E-state index in [9.17, 15) is 4.79 Å². The van der Waals surface area contributed by atoms with Crippen LogP contribution in [0.3, 0.4) is 0 Å². The first-order chi connectivity index (χ1) is 10.1. The molecule has 21 heavy (non-hydrogen) atoms. The number of nitrogens with one attached hydrogen (secondary N) is 2. The van der Waals surface area contributed by atoms with Crippen LogP contribution in [0.4, 0.5) is 5.69 Å². The molecule has 0 aliphatic rings. The van der Waals surface area contributed by atoms with Gasteiger partial charge < -0.3 is 10.6 Å². The van der Waals surface area contributed by atoms with Crippen LogP contribution in [-0.2, 0) is 4.79 Å². The average Bonchev–Trinajstić information content (AvgIpc) is 2.49. The Hall–Kier alpha value is -2.00. The number of amides is 1. The smallest absolute Gasteiger partial charge is 0.239 e. The molecule has 0 radical (unpaired) electrons. The van der Waals surface area contributed by atoms with Crippen molar-refractivity contribution in [3.05, 3.63) is 64.7 Å². The third kappa shape index (κ3) is 4.50. The molecule has 110 valence electrons. The molecule has 2 N–H and O–H groups in total. The summed E-state index contributed by atoms with van der Waals surface area (Å²) >= 11 is 5.96. The van der Waals surface area contributed by atoms with Crippen LogP contribution in [-0.4, -0.2) is 12.5 Å². The molecule has 1 amide bonds. The van der Waals surface area contributed by atoms with Crippen molar-refractivity contribution in [2.45, 2.75) is 19.9 Å². The van der Waals surface area contributed by atoms with E-state index in [4.69, 9.17) is 11.6 Å². The largest absolute Gasteiger partial charge is 0.376 e. The van der Waals surface area contributed by atoms with Crippen molar-refractivity contribution < 1.29 is 4.79 Å². The second-order valence-electron chi connectivity index (χ2n) is 5.01. The highest BCUT2D eigenvalue weighted by Gasteiger charge is 2.09. The Morgan fingerprint density at radius 3 is 2.62 bits per heavy atom. The van der Waals surface area contributed by atoms with Gasteiger partial charge in [-0.25, -0.2) is 0 Å². The van der Waals surface area contributed by atoms with Crippen molar-refractivity contribution in [1.29, 1.82) is 0 Å². The van der Waals surface area contributed by atoms with Crippen LogP contribution < -0.4 is 10.6 Å². The molecule has 0 aromatic heterocycles. The molecule has 1 atom stereocenters. The van der Waals surface area contributed by atoms with Crippen LogP contribution in [0, 0.1) is 6.92 Å². The van der Waals surface area contributed by atoms with Gasteiger partial charge in [-0.3, -0.25) is 4.79 Å². The monoisotopic (exact) mass is 302 g/mol. The molecule has 0 heterocycles. The van der Waals surface area contributed by atoms with Gasteiger partial charge in [0.2, 0.25) is 5.91 Å². The fourth-order valence-electron chi connectivity index (χ4n) is 2.08. The molecule has 0 unspecified atom stereocenters. The van der Waals surface area contributed by atoms with E-state index in [0.717, 1.165) is 16.8 Å². The summed E-state index contributed by atoms with van der Waals surface area (Å²) < 4.78 is 0. The summed E-state index contributed by atoms with van der Waals surface area (Å²) in [5.74, 6) is -0.0503. The fourth-order valence-corrected chi connectivity index (χ4v) is 2.25. The summed E-state index contributed by atoms with van der Waals surface area (Å²) in [5.41, 5.74) is 3.03. The van der Waals surface area contributed by atoms with Crippen molar-refractivity contribution in [2.24, 2.45) is 0 Å². The number of hydrogen-bond donors (Lipinski definition) is 2. The quantitative estimate of drug-likeness (QED) is 0.878. The molecule has 0 bridgehead atoms. The van der Waals surface area contributed by atoms with Crippen LogP contribution in [0.1, 0.15) is 24.1 Å². The molecule has 0 spiro atoms. The van der Waals surface area contributed by atoms with Gasteiger partial charge in [0.1, 0.15) is 0 Å². The minimum Gasteiger partial charge on any atom is -0.376 e. The molecule has 4 heteroatoms. The Morgan fingerprint density at radius 2 is 1.90 bits per heavy atom. The predicted octanol–water partition coefficient (Wildman–Crippen LogP) is 3.94. The molecule has 0 saturated carbocycles. The van der Waals surface area contributed by atoms with Gasteiger partial charge in [-0.2, -0.15) is 0 Å². The van der Waals surface area contributed by atoms with Gasteiger partial charge in [-0.1, -0.05) is 48.0 Å². The Kier molecular flexibility index (Phi) is 5.23. The molecule has 0 aliphatic carbocycles. The van der Waals surface area contributed by atoms with E-state index < -0.39 is 0 Å². The maximum absolute atomic E-state index is 12.0. The molecule has 2 rings (SSSR count). The first kappa shape index (κ1) is 15.4. The van der Waals surface area contributed by atoms with Gasteiger partial charge in [0.25, 0.3) is 0 Å². The molecule has 3 nitrogen and oxygen atoms in total.